The lowest BCUT2D eigenvalue weighted by Gasteiger charge is -1.96. The number of pyridine rings is 1. The van der Waals surface area contributed by atoms with Crippen molar-refractivity contribution in [1.82, 2.24) is 25.1 Å². The lowest BCUT2D eigenvalue weighted by Crippen LogP contribution is -1.85. The molecule has 0 aliphatic heterocycles. The molecule has 0 saturated carbocycles. The second-order valence-electron chi connectivity index (χ2n) is 4.91. The Morgan fingerprint density at radius 2 is 2.17 bits per heavy atom. The van der Waals surface area contributed by atoms with E-state index in [4.69, 9.17) is 4.42 Å². The number of aromatic amines is 1. The summed E-state index contributed by atoms with van der Waals surface area (Å²) in [5.41, 5.74) is 1.41. The zero-order valence-electron chi connectivity index (χ0n) is 11.9. The zero-order chi connectivity index (χ0) is 16.7. The van der Waals surface area contributed by atoms with Crippen molar-refractivity contribution in [3.05, 3.63) is 41.1 Å². The quantitative estimate of drug-likeness (QED) is 0.586. The number of thiazole rings is 1. The van der Waals surface area contributed by atoms with E-state index in [-0.39, 0.29) is 11.8 Å². The number of rotatable bonds is 4. The zero-order valence-corrected chi connectivity index (χ0v) is 12.7. The topological polar surface area (TPSA) is 101 Å². The first-order valence-electron chi connectivity index (χ1n) is 6.82. The van der Waals surface area contributed by atoms with Gasteiger partial charge >= 0.3 is 6.43 Å². The third-order valence-corrected chi connectivity index (χ3v) is 4.39. The molecule has 0 aromatic carbocycles. The number of alkyl halides is 2. The lowest BCUT2D eigenvalue weighted by atomic mass is 10.1. The van der Waals surface area contributed by atoms with E-state index in [2.05, 4.69) is 25.1 Å². The third kappa shape index (κ3) is 2.50. The van der Waals surface area contributed by atoms with Crippen LogP contribution in [0.1, 0.15) is 22.9 Å². The van der Waals surface area contributed by atoms with Gasteiger partial charge in [0.2, 0.25) is 0 Å². The number of nitrogens with zero attached hydrogens (tertiary/aromatic N) is 4. The molecule has 0 amide bonds. The summed E-state index contributed by atoms with van der Waals surface area (Å²) in [6, 6.07) is 1.79. The Balaban J connectivity index is 1.64. The van der Waals surface area contributed by atoms with Gasteiger partial charge in [-0.15, -0.1) is 21.5 Å². The first-order valence-corrected chi connectivity index (χ1v) is 7.63. The van der Waals surface area contributed by atoms with E-state index in [9.17, 15) is 13.9 Å². The average Bonchev–Trinajstić information content (AvgIpc) is 3.27. The highest BCUT2D eigenvalue weighted by atomic mass is 32.1. The maximum Gasteiger partial charge on any atom is 0.314 e. The number of hydrogen-bond donors (Lipinski definition) is 2. The van der Waals surface area contributed by atoms with Crippen LogP contribution in [0.2, 0.25) is 0 Å². The van der Waals surface area contributed by atoms with Crippen LogP contribution in [0, 0.1) is 0 Å². The van der Waals surface area contributed by atoms with Crippen LogP contribution >= 0.6 is 11.3 Å². The van der Waals surface area contributed by atoms with Gasteiger partial charge in [0.15, 0.2) is 5.88 Å². The minimum Gasteiger partial charge on any atom is -0.494 e. The first kappa shape index (κ1) is 14.7. The molecule has 0 atom stereocenters. The molecule has 0 bridgehead atoms. The van der Waals surface area contributed by atoms with Crippen molar-refractivity contribution in [2.24, 2.45) is 0 Å². The molecule has 0 aliphatic rings. The van der Waals surface area contributed by atoms with E-state index in [0.717, 1.165) is 10.9 Å². The van der Waals surface area contributed by atoms with E-state index in [1.165, 1.54) is 17.5 Å². The summed E-state index contributed by atoms with van der Waals surface area (Å²) in [5, 5.41) is 18.5. The summed E-state index contributed by atoms with van der Waals surface area (Å²) in [6.45, 7) is 0. The minimum atomic E-state index is -2.81. The van der Waals surface area contributed by atoms with Gasteiger partial charge in [-0.3, -0.25) is 4.98 Å². The molecule has 4 aromatic rings. The van der Waals surface area contributed by atoms with Gasteiger partial charge in [0.1, 0.15) is 4.88 Å². The number of halogens is 2. The number of H-pyrrole nitrogens is 1. The van der Waals surface area contributed by atoms with Crippen molar-refractivity contribution in [2.75, 3.05) is 0 Å². The smallest absolute Gasteiger partial charge is 0.314 e. The van der Waals surface area contributed by atoms with E-state index >= 15 is 0 Å². The highest BCUT2D eigenvalue weighted by Crippen LogP contribution is 2.32. The fourth-order valence-corrected chi connectivity index (χ4v) is 3.18. The van der Waals surface area contributed by atoms with Crippen LogP contribution in [-0.4, -0.2) is 30.3 Å². The van der Waals surface area contributed by atoms with Gasteiger partial charge in [0.05, 0.1) is 22.9 Å². The van der Waals surface area contributed by atoms with Crippen LogP contribution in [0.3, 0.4) is 0 Å². The van der Waals surface area contributed by atoms with Crippen molar-refractivity contribution < 1.29 is 18.3 Å². The number of aromatic nitrogens is 5. The van der Waals surface area contributed by atoms with Gasteiger partial charge in [0.25, 0.3) is 11.8 Å². The maximum absolute atomic E-state index is 12.5. The van der Waals surface area contributed by atoms with Crippen LogP contribution < -0.4 is 0 Å². The molecule has 4 rings (SSSR count). The largest absolute Gasteiger partial charge is 0.494 e. The highest BCUT2D eigenvalue weighted by Gasteiger charge is 2.19. The Morgan fingerprint density at radius 3 is 2.96 bits per heavy atom. The van der Waals surface area contributed by atoms with Crippen molar-refractivity contribution in [3.63, 3.8) is 0 Å². The summed E-state index contributed by atoms with van der Waals surface area (Å²) in [7, 11) is 0. The minimum absolute atomic E-state index is 0.00130. The Labute approximate surface area is 137 Å². The molecular formula is C14H9F2N5O2S. The van der Waals surface area contributed by atoms with Crippen LogP contribution in [0.25, 0.3) is 21.7 Å². The molecule has 122 valence electrons. The maximum atomic E-state index is 12.5. The fraction of sp³-hybridized carbons (Fsp3) is 0.143. The van der Waals surface area contributed by atoms with Crippen LogP contribution in [0.5, 0.6) is 5.88 Å². The van der Waals surface area contributed by atoms with Gasteiger partial charge < -0.3 is 14.5 Å². The Morgan fingerprint density at radius 1 is 1.29 bits per heavy atom. The van der Waals surface area contributed by atoms with Crippen LogP contribution in [0.4, 0.5) is 8.78 Å². The number of nitrogens with one attached hydrogen (secondary N) is 1. The van der Waals surface area contributed by atoms with E-state index in [1.807, 2.05) is 0 Å². The molecular weight excluding hydrogens is 340 g/mol. The molecule has 0 aliphatic carbocycles. The summed E-state index contributed by atoms with van der Waals surface area (Å²) in [4.78, 5) is 11.6. The molecule has 0 spiro atoms. The number of fused-ring (bicyclic) bond motifs is 1. The average molecular weight is 349 g/mol. The van der Waals surface area contributed by atoms with Crippen molar-refractivity contribution in [1.29, 1.82) is 0 Å². The summed E-state index contributed by atoms with van der Waals surface area (Å²) < 4.78 is 29.9. The van der Waals surface area contributed by atoms with Gasteiger partial charge in [-0.05, 0) is 6.07 Å². The molecule has 0 radical (unpaired) electrons. The Kier molecular flexibility index (Phi) is 3.45. The predicted molar refractivity (Wildman–Crippen MR) is 80.9 cm³/mol. The van der Waals surface area contributed by atoms with Gasteiger partial charge in [-0.1, -0.05) is 0 Å². The van der Waals surface area contributed by atoms with Crippen molar-refractivity contribution in [3.8, 4) is 16.6 Å². The molecule has 4 aromatic heterocycles. The second kappa shape index (κ2) is 5.64. The summed E-state index contributed by atoms with van der Waals surface area (Å²) in [5.74, 6) is -0.671. The molecule has 10 heteroatoms. The third-order valence-electron chi connectivity index (χ3n) is 3.40. The normalized spacial score (nSPS) is 11.6. The highest BCUT2D eigenvalue weighted by molar-refractivity contribution is 7.15. The molecule has 24 heavy (non-hydrogen) atoms. The van der Waals surface area contributed by atoms with Crippen LogP contribution in [-0.2, 0) is 6.42 Å². The SMILES string of the molecule is Oc1[nH]c2cnccc2c1Cc1ncc(-c2nnc(C(F)F)o2)s1. The summed E-state index contributed by atoms with van der Waals surface area (Å²) >= 11 is 1.23. The standard InChI is InChI=1S/C14H9F2N5O2S/c15-11(16)14-21-20-13(23-14)9-5-18-10(24-9)3-7-6-1-2-17-4-8(6)19-12(7)22/h1-2,4-5,11,19,22H,3H2. The predicted octanol–water partition coefficient (Wildman–Crippen LogP) is 3.30. The van der Waals surface area contributed by atoms with Gasteiger partial charge in [-0.25, -0.2) is 4.98 Å². The van der Waals surface area contributed by atoms with Crippen molar-refractivity contribution >= 4 is 22.2 Å². The van der Waals surface area contributed by atoms with E-state index in [0.29, 0.717) is 21.9 Å². The van der Waals surface area contributed by atoms with Gasteiger partial charge in [-0.2, -0.15) is 8.78 Å². The fourth-order valence-electron chi connectivity index (χ4n) is 2.33. The number of hydrogen-bond acceptors (Lipinski definition) is 7. The number of aromatic hydroxyl groups is 1. The molecule has 0 unspecified atom stereocenters. The monoisotopic (exact) mass is 349 g/mol. The molecule has 4 heterocycles. The van der Waals surface area contributed by atoms with Crippen LogP contribution in [0.15, 0.2) is 29.1 Å². The second-order valence-corrected chi connectivity index (χ2v) is 6.03. The molecule has 0 saturated heterocycles. The van der Waals surface area contributed by atoms with E-state index in [1.54, 1.807) is 18.5 Å². The molecule has 7 nitrogen and oxygen atoms in total. The van der Waals surface area contributed by atoms with E-state index < -0.39 is 12.3 Å². The molecule has 2 N–H and O–H groups in total. The van der Waals surface area contributed by atoms with Crippen molar-refractivity contribution in [2.45, 2.75) is 12.8 Å². The van der Waals surface area contributed by atoms with Gasteiger partial charge in [0, 0.05) is 23.6 Å². The Hall–Kier alpha value is -2.88. The molecule has 0 fully saturated rings. The summed E-state index contributed by atoms with van der Waals surface area (Å²) in [6.07, 6.45) is 2.30. The first-order chi connectivity index (χ1) is 11.6. The lowest BCUT2D eigenvalue weighted by molar-refractivity contribution is 0.116. The Bertz CT molecular complexity index is 1010.